The molecule has 1 saturated heterocycles. The Hall–Kier alpha value is -3.78. The number of hydrogen-bond donors (Lipinski definition) is 2. The lowest BCUT2D eigenvalue weighted by Crippen LogP contribution is -2.31. The Morgan fingerprint density at radius 3 is 2.31 bits per heavy atom. The Morgan fingerprint density at radius 1 is 0.938 bits per heavy atom. The number of nitrogens with zero attached hydrogens (tertiary/aromatic N) is 2. The van der Waals surface area contributed by atoms with E-state index in [0.717, 1.165) is 54.1 Å². The van der Waals surface area contributed by atoms with Crippen LogP contribution in [0.1, 0.15) is 46.3 Å². The monoisotopic (exact) mass is 424 g/mol. The van der Waals surface area contributed by atoms with Gasteiger partial charge in [0, 0.05) is 36.7 Å². The van der Waals surface area contributed by atoms with Crippen molar-refractivity contribution in [3.63, 3.8) is 0 Å². The first-order valence-corrected chi connectivity index (χ1v) is 11.1. The van der Waals surface area contributed by atoms with Gasteiger partial charge in [-0.05, 0) is 74.2 Å². The first-order valence-electron chi connectivity index (χ1n) is 11.1. The van der Waals surface area contributed by atoms with Crippen molar-refractivity contribution in [2.75, 3.05) is 28.6 Å². The second-order valence-electron chi connectivity index (χ2n) is 8.26. The molecule has 0 saturated carbocycles. The third-order valence-corrected chi connectivity index (χ3v) is 5.83. The molecule has 0 atom stereocenters. The van der Waals surface area contributed by atoms with E-state index in [9.17, 15) is 4.79 Å². The van der Waals surface area contributed by atoms with Crippen LogP contribution in [0.2, 0.25) is 0 Å². The number of amides is 1. The molecule has 162 valence electrons. The molecule has 5 nitrogen and oxygen atoms in total. The molecule has 1 aliphatic heterocycles. The third-order valence-electron chi connectivity index (χ3n) is 5.83. The average molecular weight is 425 g/mol. The summed E-state index contributed by atoms with van der Waals surface area (Å²) in [6.07, 6.45) is 3.54. The van der Waals surface area contributed by atoms with Crippen LogP contribution >= 0.6 is 0 Å². The van der Waals surface area contributed by atoms with Gasteiger partial charge in [-0.1, -0.05) is 29.8 Å². The number of hydrogen-bond acceptors (Lipinski definition) is 4. The van der Waals surface area contributed by atoms with Crippen molar-refractivity contribution >= 4 is 23.0 Å². The summed E-state index contributed by atoms with van der Waals surface area (Å²) in [4.78, 5) is 15.6. The molecule has 0 bridgehead atoms. The molecule has 1 aliphatic rings. The van der Waals surface area contributed by atoms with E-state index in [4.69, 9.17) is 5.26 Å². The van der Waals surface area contributed by atoms with Gasteiger partial charge in [-0.3, -0.25) is 4.79 Å². The van der Waals surface area contributed by atoms with Gasteiger partial charge >= 0.3 is 0 Å². The maximum atomic E-state index is 13.3. The quantitative estimate of drug-likeness (QED) is 0.531. The van der Waals surface area contributed by atoms with Gasteiger partial charge in [0.05, 0.1) is 17.2 Å². The topological polar surface area (TPSA) is 68.2 Å². The minimum Gasteiger partial charge on any atom is -0.381 e. The van der Waals surface area contributed by atoms with Crippen LogP contribution in [0.5, 0.6) is 0 Å². The lowest BCUT2D eigenvalue weighted by molar-refractivity contribution is 0.102. The molecule has 5 heteroatoms. The van der Waals surface area contributed by atoms with Gasteiger partial charge in [0.2, 0.25) is 0 Å². The summed E-state index contributed by atoms with van der Waals surface area (Å²) in [5, 5.41) is 15.4. The summed E-state index contributed by atoms with van der Waals surface area (Å²) in [7, 11) is 0. The molecule has 1 amide bonds. The molecule has 0 aromatic heterocycles. The molecule has 3 aromatic rings. The van der Waals surface area contributed by atoms with Crippen LogP contribution in [0.15, 0.2) is 66.7 Å². The normalized spacial score (nSPS) is 13.3. The zero-order chi connectivity index (χ0) is 22.3. The number of nitrogens with one attached hydrogen (secondary N) is 2. The van der Waals surface area contributed by atoms with Crippen LogP contribution in [-0.4, -0.2) is 19.0 Å². The summed E-state index contributed by atoms with van der Waals surface area (Å²) in [6, 6.07) is 23.5. The van der Waals surface area contributed by atoms with Crippen LogP contribution in [0.3, 0.4) is 0 Å². The van der Waals surface area contributed by atoms with E-state index >= 15 is 0 Å². The molecule has 0 unspecified atom stereocenters. The van der Waals surface area contributed by atoms with Crippen LogP contribution in [0.25, 0.3) is 0 Å². The predicted molar refractivity (Wildman–Crippen MR) is 130 cm³/mol. The summed E-state index contributed by atoms with van der Waals surface area (Å²) in [6.45, 7) is 4.60. The summed E-state index contributed by atoms with van der Waals surface area (Å²) < 4.78 is 0. The number of benzene rings is 3. The lowest BCUT2D eigenvalue weighted by Gasteiger charge is -2.30. The second kappa shape index (κ2) is 10.0. The summed E-state index contributed by atoms with van der Waals surface area (Å²) in [5.74, 6) is -0.101. The number of carbonyl (C=O) groups is 1. The minimum atomic E-state index is -0.101. The predicted octanol–water partition coefficient (Wildman–Crippen LogP) is 5.72. The number of rotatable bonds is 6. The zero-order valence-corrected chi connectivity index (χ0v) is 18.4. The first-order chi connectivity index (χ1) is 15.6. The maximum absolute atomic E-state index is 13.3. The highest BCUT2D eigenvalue weighted by atomic mass is 16.1. The van der Waals surface area contributed by atoms with E-state index in [0.29, 0.717) is 17.7 Å². The van der Waals surface area contributed by atoms with Gasteiger partial charge in [0.25, 0.3) is 5.91 Å². The smallest absolute Gasteiger partial charge is 0.257 e. The van der Waals surface area contributed by atoms with E-state index in [1.54, 1.807) is 0 Å². The van der Waals surface area contributed by atoms with Crippen molar-refractivity contribution < 1.29 is 4.79 Å². The van der Waals surface area contributed by atoms with Gasteiger partial charge in [-0.2, -0.15) is 5.26 Å². The SMILES string of the molecule is Cc1ccc(NC(=O)c2cc(NCc3ccc(C#N)cc3)ccc2N2CCCCC2)cc1. The number of piperidine rings is 1. The fourth-order valence-electron chi connectivity index (χ4n) is 3.98. The number of anilines is 3. The standard InChI is InChI=1S/C27H28N4O/c1-20-5-11-23(12-6-20)30-27(32)25-17-24(13-14-26(25)31-15-3-2-4-16-31)29-19-22-9-7-21(18-28)8-10-22/h5-14,17,29H,2-4,15-16,19H2,1H3,(H,30,32). The highest BCUT2D eigenvalue weighted by Gasteiger charge is 2.19. The van der Waals surface area contributed by atoms with Gasteiger partial charge in [0.15, 0.2) is 0 Å². The molecule has 0 radical (unpaired) electrons. The number of carbonyl (C=O) groups excluding carboxylic acids is 1. The Labute approximate surface area is 189 Å². The van der Waals surface area contributed by atoms with Gasteiger partial charge in [-0.25, -0.2) is 0 Å². The zero-order valence-electron chi connectivity index (χ0n) is 18.4. The van der Waals surface area contributed by atoms with E-state index in [2.05, 4.69) is 27.7 Å². The molecule has 1 heterocycles. The fourth-order valence-corrected chi connectivity index (χ4v) is 3.98. The van der Waals surface area contributed by atoms with Crippen molar-refractivity contribution in [3.8, 4) is 6.07 Å². The Bertz CT molecular complexity index is 1110. The molecule has 1 fully saturated rings. The van der Waals surface area contributed by atoms with Crippen molar-refractivity contribution in [2.24, 2.45) is 0 Å². The summed E-state index contributed by atoms with van der Waals surface area (Å²) >= 11 is 0. The number of nitriles is 1. The molecule has 3 aromatic carbocycles. The van der Waals surface area contributed by atoms with E-state index in [1.807, 2.05) is 67.6 Å². The summed E-state index contributed by atoms with van der Waals surface area (Å²) in [5.41, 5.74) is 6.23. The maximum Gasteiger partial charge on any atom is 0.257 e. The number of aryl methyl sites for hydroxylation is 1. The highest BCUT2D eigenvalue weighted by Crippen LogP contribution is 2.28. The van der Waals surface area contributed by atoms with Crippen LogP contribution in [-0.2, 0) is 6.54 Å². The molecule has 0 aliphatic carbocycles. The van der Waals surface area contributed by atoms with Gasteiger partial charge < -0.3 is 15.5 Å². The van der Waals surface area contributed by atoms with Gasteiger partial charge in [-0.15, -0.1) is 0 Å². The molecule has 2 N–H and O–H groups in total. The van der Waals surface area contributed by atoms with Crippen LogP contribution in [0, 0.1) is 18.3 Å². The largest absolute Gasteiger partial charge is 0.381 e. The van der Waals surface area contributed by atoms with Crippen LogP contribution < -0.4 is 15.5 Å². The Kier molecular flexibility index (Phi) is 6.72. The van der Waals surface area contributed by atoms with Crippen molar-refractivity contribution in [1.82, 2.24) is 0 Å². The van der Waals surface area contributed by atoms with Crippen molar-refractivity contribution in [2.45, 2.75) is 32.7 Å². The Morgan fingerprint density at radius 2 is 1.62 bits per heavy atom. The first kappa shape index (κ1) is 21.5. The third kappa shape index (κ3) is 5.28. The van der Waals surface area contributed by atoms with E-state index in [-0.39, 0.29) is 5.91 Å². The molecular weight excluding hydrogens is 396 g/mol. The lowest BCUT2D eigenvalue weighted by atomic mass is 10.1. The van der Waals surface area contributed by atoms with Crippen LogP contribution in [0.4, 0.5) is 17.1 Å². The fraction of sp³-hybridized carbons (Fsp3) is 0.259. The molecule has 32 heavy (non-hydrogen) atoms. The highest BCUT2D eigenvalue weighted by molar-refractivity contribution is 6.08. The molecular formula is C27H28N4O. The Balaban J connectivity index is 1.56. The van der Waals surface area contributed by atoms with Crippen molar-refractivity contribution in [3.05, 3.63) is 89.0 Å². The van der Waals surface area contributed by atoms with Gasteiger partial charge in [0.1, 0.15) is 0 Å². The van der Waals surface area contributed by atoms with Crippen molar-refractivity contribution in [1.29, 1.82) is 5.26 Å². The molecule has 4 rings (SSSR count). The minimum absolute atomic E-state index is 0.101. The van der Waals surface area contributed by atoms with E-state index in [1.165, 1.54) is 6.42 Å². The second-order valence-corrected chi connectivity index (χ2v) is 8.26. The van der Waals surface area contributed by atoms with E-state index < -0.39 is 0 Å². The molecule has 0 spiro atoms. The average Bonchev–Trinajstić information content (AvgIpc) is 2.85.